The van der Waals surface area contributed by atoms with E-state index in [1.54, 1.807) is 12.1 Å². The first-order chi connectivity index (χ1) is 9.48. The lowest BCUT2D eigenvalue weighted by molar-refractivity contribution is -0.275. The van der Waals surface area contributed by atoms with Crippen LogP contribution in [0.1, 0.15) is 24.8 Å². The van der Waals surface area contributed by atoms with Crippen molar-refractivity contribution < 1.29 is 22.6 Å². The molecule has 3 rings (SSSR count). The van der Waals surface area contributed by atoms with Crippen LogP contribution in [0.3, 0.4) is 0 Å². The number of piperidine rings is 1. The molecule has 1 aromatic rings. The maximum Gasteiger partial charge on any atom is 0.573 e. The highest BCUT2D eigenvalue weighted by Crippen LogP contribution is 2.42. The van der Waals surface area contributed by atoms with Crippen LogP contribution in [0, 0.1) is 0 Å². The van der Waals surface area contributed by atoms with E-state index in [9.17, 15) is 13.2 Å². The third-order valence-electron chi connectivity index (χ3n) is 3.99. The highest BCUT2D eigenvalue weighted by molar-refractivity contribution is 5.46. The fourth-order valence-electron chi connectivity index (χ4n) is 2.98. The van der Waals surface area contributed by atoms with Gasteiger partial charge in [0.05, 0.1) is 0 Å². The normalized spacial score (nSPS) is 21.1. The monoisotopic (exact) mass is 287 g/mol. The van der Waals surface area contributed by atoms with Gasteiger partial charge in [0.15, 0.2) is 0 Å². The number of nitrogens with one attached hydrogen (secondary N) is 1. The summed E-state index contributed by atoms with van der Waals surface area (Å²) in [4.78, 5) is 0. The molecule has 0 unspecified atom stereocenters. The standard InChI is InChI=1S/C14H16F3NO2/c15-14(16,17)20-12-3-1-2-11-10(12)4-5-13(19-11)6-8-18-9-7-13/h1-3,18H,4-9H2. The number of ether oxygens (including phenoxy) is 2. The van der Waals surface area contributed by atoms with Gasteiger partial charge in [0, 0.05) is 5.56 Å². The molecule has 0 atom stereocenters. The molecule has 2 aliphatic rings. The summed E-state index contributed by atoms with van der Waals surface area (Å²) in [6.07, 6.45) is -1.60. The Morgan fingerprint density at radius 2 is 1.90 bits per heavy atom. The molecule has 6 heteroatoms. The van der Waals surface area contributed by atoms with Crippen molar-refractivity contribution in [1.82, 2.24) is 5.32 Å². The van der Waals surface area contributed by atoms with Crippen LogP contribution in [-0.4, -0.2) is 25.1 Å². The molecule has 0 radical (unpaired) electrons. The largest absolute Gasteiger partial charge is 0.573 e. The van der Waals surface area contributed by atoms with Crippen molar-refractivity contribution in [1.29, 1.82) is 0 Å². The molecule has 0 aromatic heterocycles. The lowest BCUT2D eigenvalue weighted by Gasteiger charge is -2.42. The molecular formula is C14H16F3NO2. The third-order valence-corrected chi connectivity index (χ3v) is 3.99. The zero-order chi connectivity index (χ0) is 14.2. The fraction of sp³-hybridized carbons (Fsp3) is 0.571. The van der Waals surface area contributed by atoms with Crippen molar-refractivity contribution in [3.05, 3.63) is 23.8 Å². The second kappa shape index (κ2) is 4.84. The molecule has 2 heterocycles. The van der Waals surface area contributed by atoms with Crippen molar-refractivity contribution in [2.75, 3.05) is 13.1 Å². The van der Waals surface area contributed by atoms with Crippen LogP contribution in [0.15, 0.2) is 18.2 Å². The van der Waals surface area contributed by atoms with Gasteiger partial charge in [0.2, 0.25) is 0 Å². The zero-order valence-corrected chi connectivity index (χ0v) is 10.9. The minimum absolute atomic E-state index is 0.140. The average Bonchev–Trinajstić information content (AvgIpc) is 2.38. The van der Waals surface area contributed by atoms with Crippen molar-refractivity contribution in [2.24, 2.45) is 0 Å². The fourth-order valence-corrected chi connectivity index (χ4v) is 2.98. The van der Waals surface area contributed by atoms with E-state index in [2.05, 4.69) is 10.1 Å². The molecule has 0 bridgehead atoms. The van der Waals surface area contributed by atoms with Gasteiger partial charge >= 0.3 is 6.36 Å². The van der Waals surface area contributed by atoms with Crippen molar-refractivity contribution in [3.63, 3.8) is 0 Å². The average molecular weight is 287 g/mol. The molecule has 2 aliphatic heterocycles. The summed E-state index contributed by atoms with van der Waals surface area (Å²) in [5.74, 6) is 0.388. The first-order valence-electron chi connectivity index (χ1n) is 6.75. The molecule has 1 spiro atoms. The van der Waals surface area contributed by atoms with Gasteiger partial charge in [-0.25, -0.2) is 0 Å². The van der Waals surface area contributed by atoms with E-state index >= 15 is 0 Å². The van der Waals surface area contributed by atoms with Gasteiger partial charge in [0.25, 0.3) is 0 Å². The van der Waals surface area contributed by atoms with Crippen LogP contribution in [0.4, 0.5) is 13.2 Å². The van der Waals surface area contributed by atoms with Crippen LogP contribution >= 0.6 is 0 Å². The van der Waals surface area contributed by atoms with Gasteiger partial charge in [-0.05, 0) is 50.9 Å². The summed E-state index contributed by atoms with van der Waals surface area (Å²) < 4.78 is 47.3. The van der Waals surface area contributed by atoms with E-state index in [4.69, 9.17) is 4.74 Å². The molecule has 0 amide bonds. The second-order valence-corrected chi connectivity index (χ2v) is 5.32. The Hall–Kier alpha value is -1.43. The lowest BCUT2D eigenvalue weighted by atomic mass is 9.83. The Balaban J connectivity index is 1.86. The van der Waals surface area contributed by atoms with Crippen LogP contribution in [0.25, 0.3) is 0 Å². The molecule has 110 valence electrons. The predicted octanol–water partition coefficient (Wildman–Crippen LogP) is 3.03. The number of alkyl halides is 3. The molecular weight excluding hydrogens is 271 g/mol. The first-order valence-corrected chi connectivity index (χ1v) is 6.75. The molecule has 1 fully saturated rings. The Labute approximate surface area is 115 Å². The highest BCUT2D eigenvalue weighted by Gasteiger charge is 2.39. The van der Waals surface area contributed by atoms with E-state index in [0.717, 1.165) is 32.4 Å². The minimum Gasteiger partial charge on any atom is -0.487 e. The van der Waals surface area contributed by atoms with E-state index < -0.39 is 6.36 Å². The first kappa shape index (κ1) is 13.5. The van der Waals surface area contributed by atoms with Crippen LogP contribution in [0.5, 0.6) is 11.5 Å². The molecule has 0 saturated carbocycles. The molecule has 20 heavy (non-hydrogen) atoms. The summed E-state index contributed by atoms with van der Waals surface area (Å²) in [5.41, 5.74) is 0.295. The van der Waals surface area contributed by atoms with Crippen LogP contribution in [0.2, 0.25) is 0 Å². The topological polar surface area (TPSA) is 30.5 Å². The number of rotatable bonds is 1. The van der Waals surface area contributed by atoms with Gasteiger partial charge in [-0.1, -0.05) is 6.07 Å². The van der Waals surface area contributed by atoms with Crippen LogP contribution < -0.4 is 14.8 Å². The third kappa shape index (κ3) is 2.70. The Kier molecular flexibility index (Phi) is 3.28. The Morgan fingerprint density at radius 3 is 2.60 bits per heavy atom. The van der Waals surface area contributed by atoms with Gasteiger partial charge in [-0.2, -0.15) is 0 Å². The van der Waals surface area contributed by atoms with E-state index in [0.29, 0.717) is 17.7 Å². The van der Waals surface area contributed by atoms with Crippen LogP contribution in [-0.2, 0) is 6.42 Å². The SMILES string of the molecule is FC(F)(F)Oc1cccc2c1CCC1(CCNCC1)O2. The van der Waals surface area contributed by atoms with Gasteiger partial charge in [-0.15, -0.1) is 13.2 Å². The number of benzene rings is 1. The Morgan fingerprint density at radius 1 is 1.15 bits per heavy atom. The van der Waals surface area contributed by atoms with Crippen molar-refractivity contribution in [3.8, 4) is 11.5 Å². The quantitative estimate of drug-likeness (QED) is 0.861. The number of hydrogen-bond donors (Lipinski definition) is 1. The number of hydrogen-bond acceptors (Lipinski definition) is 3. The highest BCUT2D eigenvalue weighted by atomic mass is 19.4. The maximum absolute atomic E-state index is 12.4. The zero-order valence-electron chi connectivity index (χ0n) is 10.9. The molecule has 3 nitrogen and oxygen atoms in total. The summed E-state index contributed by atoms with van der Waals surface area (Å²) >= 11 is 0. The maximum atomic E-state index is 12.4. The second-order valence-electron chi connectivity index (χ2n) is 5.32. The molecule has 1 aromatic carbocycles. The minimum atomic E-state index is -4.67. The molecule has 1 saturated heterocycles. The van der Waals surface area contributed by atoms with Crippen molar-refractivity contribution in [2.45, 2.75) is 37.6 Å². The summed E-state index contributed by atoms with van der Waals surface area (Å²) in [5, 5.41) is 3.27. The number of halogens is 3. The van der Waals surface area contributed by atoms with E-state index in [1.165, 1.54) is 6.07 Å². The van der Waals surface area contributed by atoms with E-state index in [1.807, 2.05) is 0 Å². The molecule has 0 aliphatic carbocycles. The van der Waals surface area contributed by atoms with Gasteiger partial charge in [0.1, 0.15) is 17.1 Å². The van der Waals surface area contributed by atoms with Gasteiger partial charge < -0.3 is 14.8 Å². The smallest absolute Gasteiger partial charge is 0.487 e. The van der Waals surface area contributed by atoms with E-state index in [-0.39, 0.29) is 11.4 Å². The predicted molar refractivity (Wildman–Crippen MR) is 66.9 cm³/mol. The molecule has 1 N–H and O–H groups in total. The summed E-state index contributed by atoms with van der Waals surface area (Å²) in [7, 11) is 0. The summed E-state index contributed by atoms with van der Waals surface area (Å²) in [6.45, 7) is 1.77. The van der Waals surface area contributed by atoms with Gasteiger partial charge in [-0.3, -0.25) is 0 Å². The van der Waals surface area contributed by atoms with Crippen molar-refractivity contribution >= 4 is 0 Å². The Bertz CT molecular complexity index is 496. The lowest BCUT2D eigenvalue weighted by Crippen LogP contribution is -2.48. The summed E-state index contributed by atoms with van der Waals surface area (Å²) in [6, 6.07) is 4.61. The number of fused-ring (bicyclic) bond motifs is 1.